The van der Waals surface area contributed by atoms with Gasteiger partial charge < -0.3 is 10.4 Å². The Balaban J connectivity index is 1.74. The molecule has 1 aliphatic rings. The minimum atomic E-state index is -0.197. The molecule has 1 fully saturated rings. The van der Waals surface area contributed by atoms with Crippen LogP contribution in [0.25, 0.3) is 0 Å². The van der Waals surface area contributed by atoms with Crippen molar-refractivity contribution in [3.63, 3.8) is 0 Å². The van der Waals surface area contributed by atoms with E-state index < -0.39 is 0 Å². The summed E-state index contributed by atoms with van der Waals surface area (Å²) in [6.07, 6.45) is 2.01. The summed E-state index contributed by atoms with van der Waals surface area (Å²) in [6, 6.07) is 3.54. The number of amides is 2. The normalized spacial score (nSPS) is 17.1. The van der Waals surface area contributed by atoms with Crippen molar-refractivity contribution in [2.24, 2.45) is 5.41 Å². The molecule has 2 amide bonds. The second kappa shape index (κ2) is 4.20. The smallest absolute Gasteiger partial charge is 0.319 e. The zero-order valence-corrected chi connectivity index (χ0v) is 9.14. The monoisotopic (exact) mass is 226 g/mol. The first-order valence-electron chi connectivity index (χ1n) is 4.93. The summed E-state index contributed by atoms with van der Waals surface area (Å²) in [7, 11) is 0. The summed E-state index contributed by atoms with van der Waals surface area (Å²) in [5.74, 6) is 0. The van der Waals surface area contributed by atoms with Crippen molar-refractivity contribution in [3.8, 4) is 0 Å². The lowest BCUT2D eigenvalue weighted by molar-refractivity contribution is 0.206. The van der Waals surface area contributed by atoms with Crippen LogP contribution in [0.5, 0.6) is 0 Å². The first-order valence-corrected chi connectivity index (χ1v) is 5.81. The van der Waals surface area contributed by atoms with Gasteiger partial charge in [-0.1, -0.05) is 0 Å². The molecule has 1 aromatic heterocycles. The quantitative estimate of drug-likeness (QED) is 0.731. The van der Waals surface area contributed by atoms with Gasteiger partial charge in [-0.3, -0.25) is 5.32 Å². The van der Waals surface area contributed by atoms with Gasteiger partial charge >= 0.3 is 6.03 Å². The van der Waals surface area contributed by atoms with Crippen molar-refractivity contribution in [2.45, 2.75) is 12.8 Å². The van der Waals surface area contributed by atoms with Gasteiger partial charge in [-0.2, -0.15) is 0 Å². The Morgan fingerprint density at radius 1 is 1.60 bits per heavy atom. The zero-order valence-electron chi connectivity index (χ0n) is 8.32. The molecule has 5 heteroatoms. The third kappa shape index (κ3) is 2.70. The van der Waals surface area contributed by atoms with Crippen LogP contribution < -0.4 is 10.6 Å². The van der Waals surface area contributed by atoms with Gasteiger partial charge in [0.2, 0.25) is 0 Å². The van der Waals surface area contributed by atoms with E-state index >= 15 is 0 Å². The van der Waals surface area contributed by atoms with Crippen LogP contribution in [-0.2, 0) is 0 Å². The Bertz CT molecular complexity index is 333. The first-order chi connectivity index (χ1) is 7.24. The van der Waals surface area contributed by atoms with Gasteiger partial charge in [0.1, 0.15) is 0 Å². The van der Waals surface area contributed by atoms with Crippen molar-refractivity contribution in [1.82, 2.24) is 5.32 Å². The number of nitrogens with one attached hydrogen (secondary N) is 2. The highest BCUT2D eigenvalue weighted by Crippen LogP contribution is 2.44. The number of hydrogen-bond donors (Lipinski definition) is 3. The topological polar surface area (TPSA) is 61.4 Å². The fraction of sp³-hybridized carbons (Fsp3) is 0.500. The zero-order chi connectivity index (χ0) is 10.7. The van der Waals surface area contributed by atoms with Gasteiger partial charge in [0, 0.05) is 12.0 Å². The number of thiophene rings is 1. The van der Waals surface area contributed by atoms with Gasteiger partial charge in [-0.25, -0.2) is 4.79 Å². The minimum absolute atomic E-state index is 0.0349. The molecule has 0 unspecified atom stereocenters. The third-order valence-electron chi connectivity index (χ3n) is 2.67. The predicted octanol–water partition coefficient (Wildman–Crippen LogP) is 1.64. The molecule has 0 spiro atoms. The number of hydrogen-bond acceptors (Lipinski definition) is 3. The minimum Gasteiger partial charge on any atom is -0.396 e. The third-order valence-corrected chi connectivity index (χ3v) is 3.46. The van der Waals surface area contributed by atoms with Crippen LogP contribution in [0.3, 0.4) is 0 Å². The number of carbonyl (C=O) groups excluding carboxylic acids is 1. The number of urea groups is 1. The maximum absolute atomic E-state index is 11.4. The molecule has 0 aromatic carbocycles. The van der Waals surface area contributed by atoms with Crippen LogP contribution in [0, 0.1) is 5.41 Å². The lowest BCUT2D eigenvalue weighted by atomic mass is 10.1. The summed E-state index contributed by atoms with van der Waals surface area (Å²) in [5, 5.41) is 17.3. The summed E-state index contributed by atoms with van der Waals surface area (Å²) >= 11 is 1.48. The van der Waals surface area contributed by atoms with E-state index in [0.29, 0.717) is 6.54 Å². The van der Waals surface area contributed by atoms with Crippen molar-refractivity contribution in [2.75, 3.05) is 18.5 Å². The highest BCUT2D eigenvalue weighted by atomic mass is 32.1. The number of aliphatic hydroxyl groups excluding tert-OH is 1. The van der Waals surface area contributed by atoms with Crippen LogP contribution >= 0.6 is 11.3 Å². The molecule has 2 rings (SSSR count). The number of aliphatic hydroxyl groups is 1. The molecule has 3 N–H and O–H groups in total. The lowest BCUT2D eigenvalue weighted by Gasteiger charge is -2.12. The van der Waals surface area contributed by atoms with Gasteiger partial charge in [0.25, 0.3) is 0 Å². The van der Waals surface area contributed by atoms with Gasteiger partial charge in [-0.15, -0.1) is 11.3 Å². The summed E-state index contributed by atoms with van der Waals surface area (Å²) < 4.78 is 0. The maximum Gasteiger partial charge on any atom is 0.319 e. The summed E-state index contributed by atoms with van der Waals surface area (Å²) in [5.41, 5.74) is -0.0349. The Morgan fingerprint density at radius 2 is 2.40 bits per heavy atom. The Labute approximate surface area is 92.3 Å². The number of rotatable bonds is 4. The van der Waals surface area contributed by atoms with Crippen LogP contribution in [0.15, 0.2) is 17.5 Å². The highest BCUT2D eigenvalue weighted by molar-refractivity contribution is 7.14. The number of anilines is 1. The Morgan fingerprint density at radius 3 is 2.93 bits per heavy atom. The molecule has 0 saturated heterocycles. The molecule has 0 bridgehead atoms. The van der Waals surface area contributed by atoms with E-state index in [1.165, 1.54) is 11.3 Å². The molecule has 0 atom stereocenters. The van der Waals surface area contributed by atoms with Crippen molar-refractivity contribution < 1.29 is 9.90 Å². The second-order valence-electron chi connectivity index (χ2n) is 3.94. The van der Waals surface area contributed by atoms with Crippen molar-refractivity contribution in [3.05, 3.63) is 17.5 Å². The van der Waals surface area contributed by atoms with Crippen LogP contribution in [0.4, 0.5) is 9.80 Å². The average molecular weight is 226 g/mol. The lowest BCUT2D eigenvalue weighted by Crippen LogP contribution is -2.34. The van der Waals surface area contributed by atoms with E-state index in [0.717, 1.165) is 17.8 Å². The molecule has 1 aromatic rings. The molecule has 4 nitrogen and oxygen atoms in total. The fourth-order valence-electron chi connectivity index (χ4n) is 1.34. The molecule has 1 aliphatic carbocycles. The van der Waals surface area contributed by atoms with Gasteiger partial charge in [0.15, 0.2) is 0 Å². The van der Waals surface area contributed by atoms with E-state index in [1.807, 2.05) is 17.5 Å². The molecular weight excluding hydrogens is 212 g/mol. The molecule has 1 saturated carbocycles. The molecule has 0 radical (unpaired) electrons. The SMILES string of the molecule is O=C(NCC1(CO)CC1)Nc1cccs1. The van der Waals surface area contributed by atoms with Crippen LogP contribution in [0.1, 0.15) is 12.8 Å². The average Bonchev–Trinajstić information content (AvgIpc) is 2.86. The molecule has 82 valence electrons. The standard InChI is InChI=1S/C10H14N2O2S/c13-7-10(3-4-10)6-11-9(14)12-8-2-1-5-15-8/h1-2,5,13H,3-4,6-7H2,(H2,11,12,14). The Kier molecular flexibility index (Phi) is 2.93. The molecule has 15 heavy (non-hydrogen) atoms. The van der Waals surface area contributed by atoms with Crippen LogP contribution in [-0.4, -0.2) is 24.3 Å². The Hall–Kier alpha value is -1.07. The van der Waals surface area contributed by atoms with Crippen molar-refractivity contribution >= 4 is 22.4 Å². The second-order valence-corrected chi connectivity index (χ2v) is 4.89. The molecular formula is C10H14N2O2S. The largest absolute Gasteiger partial charge is 0.396 e. The number of carbonyl (C=O) groups is 1. The first kappa shape index (κ1) is 10.4. The van der Waals surface area contributed by atoms with Crippen molar-refractivity contribution in [1.29, 1.82) is 0 Å². The van der Waals surface area contributed by atoms with Gasteiger partial charge in [0.05, 0.1) is 11.6 Å². The molecule has 0 aliphatic heterocycles. The van der Waals surface area contributed by atoms with E-state index in [-0.39, 0.29) is 18.1 Å². The fourth-order valence-corrected chi connectivity index (χ4v) is 1.95. The van der Waals surface area contributed by atoms with E-state index in [1.54, 1.807) is 0 Å². The predicted molar refractivity (Wildman–Crippen MR) is 60.1 cm³/mol. The molecule has 1 heterocycles. The highest BCUT2D eigenvalue weighted by Gasteiger charge is 2.42. The maximum atomic E-state index is 11.4. The summed E-state index contributed by atoms with van der Waals surface area (Å²) in [4.78, 5) is 11.4. The van der Waals surface area contributed by atoms with Crippen LogP contribution in [0.2, 0.25) is 0 Å². The van der Waals surface area contributed by atoms with E-state index in [4.69, 9.17) is 5.11 Å². The van der Waals surface area contributed by atoms with E-state index in [2.05, 4.69) is 10.6 Å². The van der Waals surface area contributed by atoms with E-state index in [9.17, 15) is 4.79 Å². The summed E-state index contributed by atoms with van der Waals surface area (Å²) in [6.45, 7) is 0.715. The van der Waals surface area contributed by atoms with Gasteiger partial charge in [-0.05, 0) is 30.4 Å².